The van der Waals surface area contributed by atoms with E-state index in [1.165, 1.54) is 16.4 Å². The van der Waals surface area contributed by atoms with Crippen molar-refractivity contribution in [1.29, 1.82) is 0 Å². The minimum Gasteiger partial charge on any atom is -0.483 e. The number of sulfonamides is 1. The van der Waals surface area contributed by atoms with E-state index in [2.05, 4.69) is 21.2 Å². The maximum absolute atomic E-state index is 12.7. The number of nitrogens with zero attached hydrogens (tertiary/aromatic N) is 1. The number of nitrogens with one attached hydrogen (secondary N) is 1. The van der Waals surface area contributed by atoms with Crippen LogP contribution in [-0.4, -0.2) is 44.6 Å². The van der Waals surface area contributed by atoms with E-state index < -0.39 is 15.9 Å². The second kappa shape index (κ2) is 9.51. The fourth-order valence-corrected chi connectivity index (χ4v) is 4.94. The van der Waals surface area contributed by atoms with Crippen LogP contribution in [0.5, 0.6) is 5.75 Å². The monoisotopic (exact) mass is 480 g/mol. The van der Waals surface area contributed by atoms with Gasteiger partial charge in [-0.1, -0.05) is 22.4 Å². The molecule has 0 bridgehead atoms. The van der Waals surface area contributed by atoms with Gasteiger partial charge in [0.15, 0.2) is 12.9 Å². The van der Waals surface area contributed by atoms with Crippen molar-refractivity contribution in [3.05, 3.63) is 52.5 Å². The summed E-state index contributed by atoms with van der Waals surface area (Å²) in [5.41, 5.74) is 0.794. The predicted molar refractivity (Wildman–Crippen MR) is 113 cm³/mol. The normalized spacial score (nSPS) is 14.9. The van der Waals surface area contributed by atoms with Crippen molar-refractivity contribution in [2.45, 2.75) is 24.2 Å². The second-order valence-electron chi connectivity index (χ2n) is 6.63. The van der Waals surface area contributed by atoms with Crippen molar-refractivity contribution in [3.63, 3.8) is 0 Å². The van der Waals surface area contributed by atoms with Crippen LogP contribution in [0.25, 0.3) is 0 Å². The van der Waals surface area contributed by atoms with Crippen LogP contribution in [-0.2, 0) is 14.8 Å². The molecule has 9 heteroatoms. The predicted octanol–water partition coefficient (Wildman–Crippen LogP) is 3.45. The molecule has 29 heavy (non-hydrogen) atoms. The maximum Gasteiger partial charge on any atom is 0.262 e. The molecule has 0 unspecified atom stereocenters. The molecule has 2 aromatic rings. The average molecular weight is 481 g/mol. The largest absolute Gasteiger partial charge is 0.483 e. The SMILES string of the molecule is O=Cc1cc(Br)ccc1OCC(=O)Nc1ccc(S(=O)(=O)N2CCCCC2)cc1. The number of ether oxygens (including phenoxy) is 1. The molecule has 2 aromatic carbocycles. The van der Waals surface area contributed by atoms with Crippen LogP contribution in [0.3, 0.4) is 0 Å². The number of halogens is 1. The van der Waals surface area contributed by atoms with Crippen LogP contribution < -0.4 is 10.1 Å². The molecular formula is C20H21BrN2O5S. The number of carbonyl (C=O) groups excluding carboxylic acids is 2. The Morgan fingerprint density at radius 2 is 1.79 bits per heavy atom. The average Bonchev–Trinajstić information content (AvgIpc) is 2.73. The first-order valence-electron chi connectivity index (χ1n) is 9.18. The zero-order valence-corrected chi connectivity index (χ0v) is 18.0. The smallest absolute Gasteiger partial charge is 0.262 e. The molecule has 0 aliphatic carbocycles. The van der Waals surface area contributed by atoms with Gasteiger partial charge in [-0.2, -0.15) is 4.31 Å². The number of carbonyl (C=O) groups is 2. The summed E-state index contributed by atoms with van der Waals surface area (Å²) in [5.74, 6) is -0.113. The molecule has 7 nitrogen and oxygen atoms in total. The second-order valence-corrected chi connectivity index (χ2v) is 9.48. The lowest BCUT2D eigenvalue weighted by atomic mass is 10.2. The molecule has 0 spiro atoms. The van der Waals surface area contributed by atoms with Crippen LogP contribution in [0.1, 0.15) is 29.6 Å². The van der Waals surface area contributed by atoms with Gasteiger partial charge in [-0.15, -0.1) is 0 Å². The van der Waals surface area contributed by atoms with Gasteiger partial charge in [-0.25, -0.2) is 8.42 Å². The standard InChI is InChI=1S/C20H21BrN2O5S/c21-16-4-9-19(15(12-16)13-24)28-14-20(25)22-17-5-7-18(8-6-17)29(26,27)23-10-2-1-3-11-23/h4-9,12-13H,1-3,10-11,14H2,(H,22,25). The van der Waals surface area contributed by atoms with E-state index in [1.54, 1.807) is 30.3 Å². The summed E-state index contributed by atoms with van der Waals surface area (Å²) in [6.07, 6.45) is 3.45. The van der Waals surface area contributed by atoms with Crippen molar-refractivity contribution in [1.82, 2.24) is 4.31 Å². The fraction of sp³-hybridized carbons (Fsp3) is 0.300. The summed E-state index contributed by atoms with van der Waals surface area (Å²) in [6, 6.07) is 11.0. The third-order valence-corrected chi connectivity index (χ3v) is 6.95. The van der Waals surface area contributed by atoms with Crippen LogP contribution in [0.2, 0.25) is 0 Å². The summed E-state index contributed by atoms with van der Waals surface area (Å²) in [6.45, 7) is 0.796. The van der Waals surface area contributed by atoms with Gasteiger partial charge in [0.05, 0.1) is 10.5 Å². The minimum atomic E-state index is -3.51. The fourth-order valence-electron chi connectivity index (χ4n) is 3.05. The minimum absolute atomic E-state index is 0.208. The van der Waals surface area contributed by atoms with Crippen molar-refractivity contribution in [2.75, 3.05) is 25.0 Å². The zero-order valence-electron chi connectivity index (χ0n) is 15.6. The van der Waals surface area contributed by atoms with Crippen LogP contribution in [0.4, 0.5) is 5.69 Å². The first-order valence-corrected chi connectivity index (χ1v) is 11.4. The van der Waals surface area contributed by atoms with Crippen molar-refractivity contribution >= 4 is 43.8 Å². The Morgan fingerprint density at radius 1 is 1.10 bits per heavy atom. The van der Waals surface area contributed by atoms with Crippen LogP contribution in [0, 0.1) is 0 Å². The quantitative estimate of drug-likeness (QED) is 0.612. The molecule has 1 heterocycles. The number of hydrogen-bond donors (Lipinski definition) is 1. The summed E-state index contributed by atoms with van der Waals surface area (Å²) in [7, 11) is -3.51. The van der Waals surface area contributed by atoms with Gasteiger partial charge < -0.3 is 10.1 Å². The van der Waals surface area contributed by atoms with E-state index in [-0.39, 0.29) is 11.5 Å². The molecule has 1 N–H and O–H groups in total. The highest BCUT2D eigenvalue weighted by atomic mass is 79.9. The van der Waals surface area contributed by atoms with Gasteiger partial charge in [-0.3, -0.25) is 9.59 Å². The molecule has 1 fully saturated rings. The van der Waals surface area contributed by atoms with Gasteiger partial charge >= 0.3 is 0 Å². The number of rotatable bonds is 7. The molecule has 1 aliphatic heterocycles. The first kappa shape index (κ1) is 21.5. The van der Waals surface area contributed by atoms with Gasteiger partial charge in [0.2, 0.25) is 10.0 Å². The number of anilines is 1. The Labute approximate surface area is 178 Å². The molecule has 0 atom stereocenters. The van der Waals surface area contributed by atoms with Gasteiger partial charge in [0.25, 0.3) is 5.91 Å². The third kappa shape index (κ3) is 5.43. The van der Waals surface area contributed by atoms with Crippen molar-refractivity contribution in [2.24, 2.45) is 0 Å². The molecule has 0 radical (unpaired) electrons. The number of hydrogen-bond acceptors (Lipinski definition) is 5. The van der Waals surface area contributed by atoms with Gasteiger partial charge in [0, 0.05) is 23.2 Å². The van der Waals surface area contributed by atoms with Crippen LogP contribution in [0.15, 0.2) is 51.8 Å². The molecule has 1 aliphatic rings. The lowest BCUT2D eigenvalue weighted by molar-refractivity contribution is -0.118. The Morgan fingerprint density at radius 3 is 2.45 bits per heavy atom. The Hall–Kier alpha value is -2.23. The lowest BCUT2D eigenvalue weighted by Crippen LogP contribution is -2.35. The molecule has 3 rings (SSSR count). The maximum atomic E-state index is 12.7. The number of benzene rings is 2. The molecule has 1 amide bonds. The number of amides is 1. The third-order valence-electron chi connectivity index (χ3n) is 4.55. The molecular weight excluding hydrogens is 460 g/mol. The van der Waals surface area contributed by atoms with Crippen molar-refractivity contribution < 1.29 is 22.7 Å². The van der Waals surface area contributed by atoms with Crippen molar-refractivity contribution in [3.8, 4) is 5.75 Å². The summed E-state index contributed by atoms with van der Waals surface area (Å²) < 4.78 is 32.9. The van der Waals surface area contributed by atoms with Gasteiger partial charge in [0.1, 0.15) is 5.75 Å². The number of aldehydes is 1. The lowest BCUT2D eigenvalue weighted by Gasteiger charge is -2.25. The Bertz CT molecular complexity index is 986. The number of piperidine rings is 1. The van der Waals surface area contributed by atoms with E-state index in [4.69, 9.17) is 4.74 Å². The molecule has 154 valence electrons. The van der Waals surface area contributed by atoms with Crippen LogP contribution >= 0.6 is 15.9 Å². The first-order chi connectivity index (χ1) is 13.9. The van der Waals surface area contributed by atoms with E-state index in [1.807, 2.05) is 0 Å². The van der Waals surface area contributed by atoms with Gasteiger partial charge in [-0.05, 0) is 55.3 Å². The molecule has 1 saturated heterocycles. The van der Waals surface area contributed by atoms with E-state index in [0.717, 1.165) is 23.7 Å². The highest BCUT2D eigenvalue weighted by Gasteiger charge is 2.25. The van der Waals surface area contributed by atoms with E-state index in [9.17, 15) is 18.0 Å². The van der Waals surface area contributed by atoms with E-state index >= 15 is 0 Å². The summed E-state index contributed by atoms with van der Waals surface area (Å²) in [4.78, 5) is 23.4. The molecule has 0 saturated carbocycles. The zero-order chi connectivity index (χ0) is 20.9. The molecule has 0 aromatic heterocycles. The summed E-state index contributed by atoms with van der Waals surface area (Å²) in [5, 5.41) is 2.65. The summed E-state index contributed by atoms with van der Waals surface area (Å²) >= 11 is 3.27. The Balaban J connectivity index is 1.59. The highest BCUT2D eigenvalue weighted by Crippen LogP contribution is 2.23. The Kier molecular flexibility index (Phi) is 7.05. The topological polar surface area (TPSA) is 92.8 Å². The highest BCUT2D eigenvalue weighted by molar-refractivity contribution is 9.10. The van der Waals surface area contributed by atoms with E-state index in [0.29, 0.717) is 36.4 Å².